The summed E-state index contributed by atoms with van der Waals surface area (Å²) >= 11 is 1.36. The zero-order valence-corrected chi connectivity index (χ0v) is 21.7. The number of hydrogen-bond donors (Lipinski definition) is 4. The molecule has 5 fully saturated rings. The lowest BCUT2D eigenvalue weighted by atomic mass is 9.41. The van der Waals surface area contributed by atoms with Gasteiger partial charge in [-0.2, -0.15) is 0 Å². The molecule has 0 spiro atoms. The third-order valence-electron chi connectivity index (χ3n) is 11.6. The maximum absolute atomic E-state index is 12.2. The molecule has 1 aliphatic heterocycles. The molecule has 5 aliphatic rings. The lowest BCUT2D eigenvalue weighted by molar-refractivity contribution is -0.203. The fourth-order valence-corrected chi connectivity index (χ4v) is 11.2. The summed E-state index contributed by atoms with van der Waals surface area (Å²) in [5, 5.41) is 34.6. The minimum Gasteiger partial charge on any atom is -0.393 e. The Morgan fingerprint density at radius 1 is 1.03 bits per heavy atom. The van der Waals surface area contributed by atoms with Crippen molar-refractivity contribution in [2.24, 2.45) is 52.3 Å². The van der Waals surface area contributed by atoms with Gasteiger partial charge in [-0.3, -0.25) is 4.79 Å². The number of carbonyl (C=O) groups is 1. The average Bonchev–Trinajstić information content (AvgIpc) is 3.27. The highest BCUT2D eigenvalue weighted by molar-refractivity contribution is 8.01. The van der Waals surface area contributed by atoms with Crippen molar-refractivity contribution in [2.75, 3.05) is 0 Å². The molecule has 4 N–H and O–H groups in total. The Bertz CT molecular complexity index is 764. The lowest BCUT2D eigenvalue weighted by Crippen LogP contribution is -2.62. The number of thioether (sulfide) groups is 1. The summed E-state index contributed by atoms with van der Waals surface area (Å²) < 4.78 is 0. The molecular formula is C27H45NO4S. The van der Waals surface area contributed by atoms with Crippen molar-refractivity contribution in [3.8, 4) is 0 Å². The molecule has 0 aromatic rings. The van der Waals surface area contributed by atoms with E-state index < -0.39 is 5.56 Å². The molecular weight excluding hydrogens is 434 g/mol. The summed E-state index contributed by atoms with van der Waals surface area (Å²) in [7, 11) is 0. The van der Waals surface area contributed by atoms with Crippen LogP contribution in [0.25, 0.3) is 0 Å². The van der Waals surface area contributed by atoms with Gasteiger partial charge in [-0.05, 0) is 104 Å². The number of rotatable bonds is 4. The molecule has 188 valence electrons. The van der Waals surface area contributed by atoms with Crippen molar-refractivity contribution in [3.05, 3.63) is 0 Å². The number of aliphatic hydroxyl groups excluding tert-OH is 3. The van der Waals surface area contributed by atoms with E-state index in [1.165, 1.54) is 37.4 Å². The van der Waals surface area contributed by atoms with Gasteiger partial charge in [0.15, 0.2) is 5.56 Å². The highest BCUT2D eigenvalue weighted by Gasteiger charge is 2.65. The standard InChI is InChI=1S/C27H45NO4S/c1-5-16-20-13-15(29)8-10-27(20,4)19-9-11-26(3)17(6-7-18(26)22(19)23(16)30)14(2)12-21-24(31)28-25(32)33-21/h14-23,25,29-30,32H,5-13H2,1-4H3,(H,28,31)/t14-,15-,16-,17-,18?,19?,20+,21?,22?,23-,25?,26-,27-/m1/s1. The predicted molar refractivity (Wildman–Crippen MR) is 131 cm³/mol. The van der Waals surface area contributed by atoms with Crippen LogP contribution in [-0.4, -0.2) is 44.2 Å². The van der Waals surface area contributed by atoms with Gasteiger partial charge in [-0.25, -0.2) is 0 Å². The molecule has 0 aromatic heterocycles. The van der Waals surface area contributed by atoms with E-state index >= 15 is 0 Å². The first kappa shape index (κ1) is 24.4. The first-order valence-corrected chi connectivity index (χ1v) is 14.5. The van der Waals surface area contributed by atoms with Crippen molar-refractivity contribution >= 4 is 17.7 Å². The third kappa shape index (κ3) is 3.72. The van der Waals surface area contributed by atoms with Crippen LogP contribution in [0.2, 0.25) is 0 Å². The van der Waals surface area contributed by atoms with Crippen LogP contribution in [0.1, 0.15) is 85.5 Å². The molecule has 1 saturated heterocycles. The zero-order valence-electron chi connectivity index (χ0n) is 20.9. The second kappa shape index (κ2) is 8.67. The molecule has 5 unspecified atom stereocenters. The number of nitrogens with one attached hydrogen (secondary N) is 1. The number of aliphatic hydroxyl groups is 3. The Kier molecular flexibility index (Phi) is 6.41. The minimum atomic E-state index is -0.761. The Labute approximate surface area is 203 Å². The van der Waals surface area contributed by atoms with Gasteiger partial charge < -0.3 is 20.6 Å². The van der Waals surface area contributed by atoms with Crippen LogP contribution in [0.4, 0.5) is 0 Å². The molecule has 0 bridgehead atoms. The molecule has 5 rings (SSSR count). The molecule has 6 heteroatoms. The van der Waals surface area contributed by atoms with E-state index in [9.17, 15) is 20.1 Å². The summed E-state index contributed by atoms with van der Waals surface area (Å²) in [6.07, 6.45) is 9.03. The summed E-state index contributed by atoms with van der Waals surface area (Å²) in [5.74, 6) is 3.20. The van der Waals surface area contributed by atoms with Crippen LogP contribution in [-0.2, 0) is 4.79 Å². The molecule has 13 atom stereocenters. The topological polar surface area (TPSA) is 89.8 Å². The molecule has 0 aromatic carbocycles. The highest BCUT2D eigenvalue weighted by atomic mass is 32.2. The monoisotopic (exact) mass is 479 g/mol. The number of amides is 1. The second-order valence-electron chi connectivity index (χ2n) is 12.8. The van der Waals surface area contributed by atoms with Gasteiger partial charge in [-0.1, -0.05) is 45.9 Å². The Hall–Kier alpha value is -0.300. The van der Waals surface area contributed by atoms with Crippen LogP contribution < -0.4 is 5.32 Å². The number of hydrogen-bond acceptors (Lipinski definition) is 5. The lowest BCUT2D eigenvalue weighted by Gasteiger charge is -2.64. The van der Waals surface area contributed by atoms with E-state index in [4.69, 9.17) is 0 Å². The van der Waals surface area contributed by atoms with E-state index in [-0.39, 0.29) is 34.2 Å². The predicted octanol–water partition coefficient (Wildman–Crippen LogP) is 4.15. The van der Waals surface area contributed by atoms with Crippen molar-refractivity contribution in [2.45, 2.75) is 109 Å². The maximum atomic E-state index is 12.2. The van der Waals surface area contributed by atoms with Gasteiger partial charge >= 0.3 is 0 Å². The van der Waals surface area contributed by atoms with E-state index in [1.807, 2.05) is 0 Å². The summed E-state index contributed by atoms with van der Waals surface area (Å²) in [5.41, 5.74) is -0.304. The van der Waals surface area contributed by atoms with E-state index in [0.717, 1.165) is 32.1 Å². The smallest absolute Gasteiger partial charge is 0.235 e. The van der Waals surface area contributed by atoms with Gasteiger partial charge in [0.25, 0.3) is 0 Å². The van der Waals surface area contributed by atoms with Crippen LogP contribution in [0.3, 0.4) is 0 Å². The molecule has 4 aliphatic carbocycles. The van der Waals surface area contributed by atoms with E-state index in [2.05, 4.69) is 33.0 Å². The van der Waals surface area contributed by atoms with Gasteiger partial charge in [0.05, 0.1) is 17.5 Å². The molecule has 1 amide bonds. The maximum Gasteiger partial charge on any atom is 0.235 e. The normalized spacial score (nSPS) is 54.8. The largest absolute Gasteiger partial charge is 0.393 e. The average molecular weight is 480 g/mol. The third-order valence-corrected chi connectivity index (χ3v) is 12.7. The Balaban J connectivity index is 1.39. The van der Waals surface area contributed by atoms with Gasteiger partial charge in [0.2, 0.25) is 5.91 Å². The van der Waals surface area contributed by atoms with E-state index in [0.29, 0.717) is 41.4 Å². The molecule has 4 saturated carbocycles. The molecule has 33 heavy (non-hydrogen) atoms. The van der Waals surface area contributed by atoms with Crippen LogP contribution in [0.5, 0.6) is 0 Å². The minimum absolute atomic E-state index is 0.0188. The Morgan fingerprint density at radius 2 is 1.73 bits per heavy atom. The van der Waals surface area contributed by atoms with Crippen molar-refractivity contribution in [1.29, 1.82) is 0 Å². The number of fused-ring (bicyclic) bond motifs is 5. The number of carbonyl (C=O) groups excluding carboxylic acids is 1. The molecule has 1 heterocycles. The van der Waals surface area contributed by atoms with Crippen LogP contribution in [0, 0.1) is 52.3 Å². The highest BCUT2D eigenvalue weighted by Crippen LogP contribution is 2.69. The summed E-state index contributed by atoms with van der Waals surface area (Å²) in [4.78, 5) is 12.2. The van der Waals surface area contributed by atoms with E-state index in [1.54, 1.807) is 0 Å². The van der Waals surface area contributed by atoms with Crippen LogP contribution >= 0.6 is 11.8 Å². The fourth-order valence-electron chi connectivity index (χ4n) is 10.1. The second-order valence-corrected chi connectivity index (χ2v) is 14.1. The fraction of sp³-hybridized carbons (Fsp3) is 0.963. The van der Waals surface area contributed by atoms with Gasteiger partial charge in [0, 0.05) is 0 Å². The summed E-state index contributed by atoms with van der Waals surface area (Å²) in [6.45, 7) is 9.53. The quantitative estimate of drug-likeness (QED) is 0.486. The first-order chi connectivity index (χ1) is 15.6. The van der Waals surface area contributed by atoms with Crippen LogP contribution in [0.15, 0.2) is 0 Å². The first-order valence-electron chi connectivity index (χ1n) is 13.6. The summed E-state index contributed by atoms with van der Waals surface area (Å²) in [6, 6.07) is 0. The Morgan fingerprint density at radius 3 is 2.39 bits per heavy atom. The zero-order chi connectivity index (χ0) is 23.7. The van der Waals surface area contributed by atoms with Crippen molar-refractivity contribution in [3.63, 3.8) is 0 Å². The SMILES string of the molecule is CC[C@H]1[C@@H](O)C2C3CC[C@H]([C@H](C)CC4SC(O)NC4=O)[C@@]3(C)CCC2[C@@]2(C)CC[C@@H](O)C[C@@H]12. The van der Waals surface area contributed by atoms with Crippen molar-refractivity contribution in [1.82, 2.24) is 5.32 Å². The van der Waals surface area contributed by atoms with Gasteiger partial charge in [-0.15, -0.1) is 0 Å². The molecule has 0 radical (unpaired) electrons. The van der Waals surface area contributed by atoms with Crippen molar-refractivity contribution < 1.29 is 20.1 Å². The molecule has 5 nitrogen and oxygen atoms in total. The van der Waals surface area contributed by atoms with Gasteiger partial charge in [0.1, 0.15) is 0 Å².